The van der Waals surface area contributed by atoms with E-state index in [4.69, 9.17) is 6.42 Å². The molecule has 2 nitrogen and oxygen atoms in total. The van der Waals surface area contributed by atoms with Crippen LogP contribution in [0.25, 0.3) is 0 Å². The normalized spacial score (nSPS) is 18.6. The van der Waals surface area contributed by atoms with E-state index < -0.39 is 0 Å². The van der Waals surface area contributed by atoms with Crippen LogP contribution in [-0.4, -0.2) is 12.3 Å². The van der Waals surface area contributed by atoms with Crippen LogP contribution >= 0.6 is 0 Å². The first-order chi connectivity index (χ1) is 7.83. The molecular formula is C14H15NO. The summed E-state index contributed by atoms with van der Waals surface area (Å²) in [4.78, 5) is 12.0. The molecule has 1 aromatic carbocycles. The van der Waals surface area contributed by atoms with E-state index in [1.54, 1.807) is 0 Å². The molecule has 0 saturated carbocycles. The molecule has 0 aromatic heterocycles. The van der Waals surface area contributed by atoms with Crippen molar-refractivity contribution in [1.82, 2.24) is 5.32 Å². The molecule has 16 heavy (non-hydrogen) atoms. The maximum absolute atomic E-state index is 12.0. The highest BCUT2D eigenvalue weighted by atomic mass is 16.1. The van der Waals surface area contributed by atoms with E-state index in [0.29, 0.717) is 12.8 Å². The molecular weight excluding hydrogens is 198 g/mol. The van der Waals surface area contributed by atoms with Crippen LogP contribution in [0.1, 0.15) is 29.9 Å². The molecule has 0 saturated heterocycles. The van der Waals surface area contributed by atoms with Crippen LogP contribution in [0.5, 0.6) is 0 Å². The van der Waals surface area contributed by atoms with Gasteiger partial charge in [-0.05, 0) is 11.1 Å². The number of terminal acetylenes is 1. The van der Waals surface area contributed by atoms with Crippen molar-refractivity contribution in [3.63, 3.8) is 0 Å². The van der Waals surface area contributed by atoms with Gasteiger partial charge in [0.2, 0.25) is 0 Å². The molecule has 1 N–H and O–H groups in total. The number of ketones is 1. The zero-order chi connectivity index (χ0) is 11.4. The van der Waals surface area contributed by atoms with Crippen LogP contribution in [-0.2, 0) is 11.3 Å². The van der Waals surface area contributed by atoms with Gasteiger partial charge in [-0.1, -0.05) is 24.3 Å². The first-order valence-corrected chi connectivity index (χ1v) is 5.57. The number of Topliss-reactive ketones (excluding diaryl/α,β-unsaturated/α-hetero) is 1. The third-order valence-corrected chi connectivity index (χ3v) is 3.00. The zero-order valence-corrected chi connectivity index (χ0v) is 9.20. The SMILES string of the molecule is C#CCCC(=O)C1CNCc2ccccc21. The maximum atomic E-state index is 12.0. The Morgan fingerprint density at radius 1 is 1.50 bits per heavy atom. The summed E-state index contributed by atoms with van der Waals surface area (Å²) in [5, 5.41) is 3.28. The fourth-order valence-electron chi connectivity index (χ4n) is 2.15. The first kappa shape index (κ1) is 10.9. The van der Waals surface area contributed by atoms with Gasteiger partial charge in [0.15, 0.2) is 0 Å². The zero-order valence-electron chi connectivity index (χ0n) is 9.20. The van der Waals surface area contributed by atoms with Gasteiger partial charge in [-0.15, -0.1) is 12.3 Å². The predicted octanol–water partition coefficient (Wildman–Crippen LogP) is 1.86. The number of hydrogen-bond acceptors (Lipinski definition) is 2. The largest absolute Gasteiger partial charge is 0.312 e. The van der Waals surface area contributed by atoms with Gasteiger partial charge in [0, 0.05) is 25.9 Å². The molecule has 2 rings (SSSR count). The highest BCUT2D eigenvalue weighted by Crippen LogP contribution is 2.25. The fourth-order valence-corrected chi connectivity index (χ4v) is 2.15. The van der Waals surface area contributed by atoms with Crippen molar-refractivity contribution >= 4 is 5.78 Å². The van der Waals surface area contributed by atoms with E-state index >= 15 is 0 Å². The number of carbonyl (C=O) groups excluding carboxylic acids is 1. The van der Waals surface area contributed by atoms with Gasteiger partial charge in [-0.25, -0.2) is 0 Å². The van der Waals surface area contributed by atoms with E-state index in [-0.39, 0.29) is 11.7 Å². The monoisotopic (exact) mass is 213 g/mol. The molecule has 0 amide bonds. The third-order valence-electron chi connectivity index (χ3n) is 3.00. The van der Waals surface area contributed by atoms with Crippen LogP contribution in [0.4, 0.5) is 0 Å². The Morgan fingerprint density at radius 2 is 2.31 bits per heavy atom. The van der Waals surface area contributed by atoms with Crippen molar-refractivity contribution in [3.05, 3.63) is 35.4 Å². The van der Waals surface area contributed by atoms with Crippen LogP contribution in [0, 0.1) is 12.3 Å². The molecule has 1 aliphatic heterocycles. The Bertz CT molecular complexity index is 431. The van der Waals surface area contributed by atoms with Crippen LogP contribution in [0.15, 0.2) is 24.3 Å². The summed E-state index contributed by atoms with van der Waals surface area (Å²) < 4.78 is 0. The molecule has 1 heterocycles. The van der Waals surface area contributed by atoms with Gasteiger partial charge in [-0.2, -0.15) is 0 Å². The average molecular weight is 213 g/mol. The molecule has 0 radical (unpaired) electrons. The number of hydrogen-bond donors (Lipinski definition) is 1. The van der Waals surface area contributed by atoms with Crippen LogP contribution < -0.4 is 5.32 Å². The molecule has 0 fully saturated rings. The minimum Gasteiger partial charge on any atom is -0.312 e. The van der Waals surface area contributed by atoms with Gasteiger partial charge in [0.1, 0.15) is 5.78 Å². The highest BCUT2D eigenvalue weighted by molar-refractivity contribution is 5.86. The summed E-state index contributed by atoms with van der Waals surface area (Å²) in [6, 6.07) is 8.12. The van der Waals surface area contributed by atoms with Crippen LogP contribution in [0.3, 0.4) is 0 Å². The van der Waals surface area contributed by atoms with Crippen molar-refractivity contribution in [2.45, 2.75) is 25.3 Å². The topological polar surface area (TPSA) is 29.1 Å². The van der Waals surface area contributed by atoms with E-state index in [9.17, 15) is 4.79 Å². The first-order valence-electron chi connectivity index (χ1n) is 5.57. The van der Waals surface area contributed by atoms with Crippen molar-refractivity contribution in [1.29, 1.82) is 0 Å². The molecule has 2 heteroatoms. The molecule has 0 aliphatic carbocycles. The summed E-state index contributed by atoms with van der Waals surface area (Å²) in [6.45, 7) is 1.59. The number of rotatable bonds is 3. The molecule has 0 spiro atoms. The van der Waals surface area contributed by atoms with Crippen molar-refractivity contribution in [2.24, 2.45) is 0 Å². The summed E-state index contributed by atoms with van der Waals surface area (Å²) in [5.74, 6) is 2.75. The standard InChI is InChI=1S/C14H15NO/c1-2-3-8-14(16)13-10-15-9-11-6-4-5-7-12(11)13/h1,4-7,13,15H,3,8-10H2. The fraction of sp³-hybridized carbons (Fsp3) is 0.357. The number of carbonyl (C=O) groups is 1. The number of nitrogens with one attached hydrogen (secondary N) is 1. The lowest BCUT2D eigenvalue weighted by Crippen LogP contribution is -2.32. The van der Waals surface area contributed by atoms with E-state index in [2.05, 4.69) is 23.4 Å². The Labute approximate surface area is 96.1 Å². The van der Waals surface area contributed by atoms with Crippen molar-refractivity contribution in [2.75, 3.05) is 6.54 Å². The van der Waals surface area contributed by atoms with Gasteiger partial charge >= 0.3 is 0 Å². The molecule has 0 bridgehead atoms. The second-order valence-electron chi connectivity index (χ2n) is 4.05. The maximum Gasteiger partial charge on any atom is 0.142 e. The smallest absolute Gasteiger partial charge is 0.142 e. The van der Waals surface area contributed by atoms with Gasteiger partial charge < -0.3 is 5.32 Å². The minimum absolute atomic E-state index is 0.0155. The summed E-state index contributed by atoms with van der Waals surface area (Å²) >= 11 is 0. The number of fused-ring (bicyclic) bond motifs is 1. The van der Waals surface area contributed by atoms with E-state index in [0.717, 1.165) is 13.1 Å². The summed E-state index contributed by atoms with van der Waals surface area (Å²) in [6.07, 6.45) is 6.21. The Hall–Kier alpha value is -1.59. The Morgan fingerprint density at radius 3 is 3.12 bits per heavy atom. The third kappa shape index (κ3) is 2.15. The molecule has 1 atom stereocenters. The molecule has 1 aromatic rings. The van der Waals surface area contributed by atoms with E-state index in [1.807, 2.05) is 12.1 Å². The lowest BCUT2D eigenvalue weighted by atomic mass is 9.86. The second-order valence-corrected chi connectivity index (χ2v) is 4.05. The molecule has 82 valence electrons. The predicted molar refractivity (Wildman–Crippen MR) is 64.0 cm³/mol. The van der Waals surface area contributed by atoms with Gasteiger partial charge in [0.25, 0.3) is 0 Å². The second kappa shape index (κ2) is 4.96. The molecule has 1 aliphatic rings. The minimum atomic E-state index is -0.0155. The Balaban J connectivity index is 2.19. The number of benzene rings is 1. The van der Waals surface area contributed by atoms with E-state index in [1.165, 1.54) is 11.1 Å². The molecule has 1 unspecified atom stereocenters. The summed E-state index contributed by atoms with van der Waals surface area (Å²) in [5.41, 5.74) is 2.40. The van der Waals surface area contributed by atoms with Crippen molar-refractivity contribution in [3.8, 4) is 12.3 Å². The lowest BCUT2D eigenvalue weighted by Gasteiger charge is -2.25. The average Bonchev–Trinajstić information content (AvgIpc) is 2.35. The van der Waals surface area contributed by atoms with Crippen molar-refractivity contribution < 1.29 is 4.79 Å². The van der Waals surface area contributed by atoms with Gasteiger partial charge in [-0.3, -0.25) is 4.79 Å². The van der Waals surface area contributed by atoms with Crippen LogP contribution in [0.2, 0.25) is 0 Å². The lowest BCUT2D eigenvalue weighted by molar-refractivity contribution is -0.120. The highest BCUT2D eigenvalue weighted by Gasteiger charge is 2.24. The quantitative estimate of drug-likeness (QED) is 0.776. The Kier molecular flexibility index (Phi) is 3.38. The summed E-state index contributed by atoms with van der Waals surface area (Å²) in [7, 11) is 0. The van der Waals surface area contributed by atoms with Gasteiger partial charge in [0.05, 0.1) is 5.92 Å².